The van der Waals surface area contributed by atoms with Crippen LogP contribution in [-0.2, 0) is 0 Å². The molecule has 0 bridgehead atoms. The minimum absolute atomic E-state index is 0.152. The molecule has 1 aliphatic rings. The molecule has 2 aromatic rings. The molecule has 1 fully saturated rings. The summed E-state index contributed by atoms with van der Waals surface area (Å²) in [5, 5.41) is 0.290. The summed E-state index contributed by atoms with van der Waals surface area (Å²) >= 11 is 5.71. The third-order valence-corrected chi connectivity index (χ3v) is 3.12. The topological polar surface area (TPSA) is 81.4 Å². The van der Waals surface area contributed by atoms with E-state index in [0.29, 0.717) is 30.7 Å². The van der Waals surface area contributed by atoms with E-state index >= 15 is 0 Å². The summed E-state index contributed by atoms with van der Waals surface area (Å²) in [6, 6.07) is 0. The Morgan fingerprint density at radius 3 is 2.95 bits per heavy atom. The van der Waals surface area contributed by atoms with E-state index in [-0.39, 0.29) is 17.6 Å². The lowest BCUT2D eigenvalue weighted by atomic mass is 10.0. The van der Waals surface area contributed by atoms with Gasteiger partial charge >= 0.3 is 0 Å². The molecular formula is C12H11ClN4O3. The van der Waals surface area contributed by atoms with Gasteiger partial charge in [-0.25, -0.2) is 4.98 Å². The van der Waals surface area contributed by atoms with Gasteiger partial charge in [0.05, 0.1) is 25.2 Å². The summed E-state index contributed by atoms with van der Waals surface area (Å²) in [6.45, 7) is 1.70. The number of likely N-dealkylation sites (tertiary alicyclic amines) is 1. The average molecular weight is 295 g/mol. The molecule has 8 heteroatoms. The van der Waals surface area contributed by atoms with Crippen molar-refractivity contribution in [1.29, 1.82) is 0 Å². The highest BCUT2D eigenvalue weighted by Gasteiger charge is 2.33. The number of ether oxygens (including phenoxy) is 1. The van der Waals surface area contributed by atoms with E-state index in [4.69, 9.17) is 20.8 Å². The Bertz CT molecular complexity index is 599. The van der Waals surface area contributed by atoms with Gasteiger partial charge in [-0.3, -0.25) is 9.78 Å². The van der Waals surface area contributed by atoms with Gasteiger partial charge in [0.2, 0.25) is 11.6 Å². The normalized spacial score (nSPS) is 14.9. The predicted molar refractivity (Wildman–Crippen MR) is 68.4 cm³/mol. The summed E-state index contributed by atoms with van der Waals surface area (Å²) < 4.78 is 10.4. The first kappa shape index (κ1) is 12.9. The molecular weight excluding hydrogens is 284 g/mol. The molecule has 1 amide bonds. The third-order valence-electron chi connectivity index (χ3n) is 2.94. The van der Waals surface area contributed by atoms with Crippen molar-refractivity contribution in [3.05, 3.63) is 35.9 Å². The molecule has 0 unspecified atom stereocenters. The number of halogens is 1. The zero-order chi connectivity index (χ0) is 13.9. The molecule has 1 saturated heterocycles. The molecule has 20 heavy (non-hydrogen) atoms. The molecule has 3 heterocycles. The van der Waals surface area contributed by atoms with Crippen molar-refractivity contribution in [2.24, 2.45) is 5.92 Å². The van der Waals surface area contributed by atoms with E-state index in [0.717, 1.165) is 0 Å². The van der Waals surface area contributed by atoms with E-state index in [9.17, 15) is 4.79 Å². The van der Waals surface area contributed by atoms with Crippen molar-refractivity contribution in [2.45, 2.75) is 0 Å². The fraction of sp³-hybridized carbons (Fsp3) is 0.333. The zero-order valence-electron chi connectivity index (χ0n) is 10.4. The van der Waals surface area contributed by atoms with Crippen LogP contribution in [0.2, 0.25) is 5.15 Å². The minimum atomic E-state index is -0.152. The SMILES string of the molecule is O=C(c1cnco1)N1CC(COc2cncc(Cl)n2)C1. The number of hydrogen-bond acceptors (Lipinski definition) is 6. The molecule has 104 valence electrons. The lowest BCUT2D eigenvalue weighted by Gasteiger charge is -2.38. The summed E-state index contributed by atoms with van der Waals surface area (Å²) in [5.74, 6) is 0.756. The van der Waals surface area contributed by atoms with Crippen LogP contribution in [0.25, 0.3) is 0 Å². The highest BCUT2D eigenvalue weighted by Crippen LogP contribution is 2.20. The maximum absolute atomic E-state index is 11.9. The molecule has 0 N–H and O–H groups in total. The fourth-order valence-electron chi connectivity index (χ4n) is 1.92. The number of aromatic nitrogens is 3. The number of carbonyl (C=O) groups excluding carboxylic acids is 1. The van der Waals surface area contributed by atoms with E-state index in [1.165, 1.54) is 25.0 Å². The lowest BCUT2D eigenvalue weighted by Crippen LogP contribution is -2.52. The van der Waals surface area contributed by atoms with E-state index in [2.05, 4.69) is 15.0 Å². The molecule has 0 aliphatic carbocycles. The second-order valence-corrected chi connectivity index (χ2v) is 4.82. The van der Waals surface area contributed by atoms with E-state index < -0.39 is 0 Å². The molecule has 0 radical (unpaired) electrons. The molecule has 0 aromatic carbocycles. The number of oxazole rings is 1. The first-order valence-corrected chi connectivity index (χ1v) is 6.38. The van der Waals surface area contributed by atoms with Gasteiger partial charge in [-0.15, -0.1) is 0 Å². The first-order chi connectivity index (χ1) is 9.72. The second kappa shape index (κ2) is 5.46. The van der Waals surface area contributed by atoms with Crippen LogP contribution in [0.1, 0.15) is 10.6 Å². The summed E-state index contributed by atoms with van der Waals surface area (Å²) in [6.07, 6.45) is 5.59. The van der Waals surface area contributed by atoms with Gasteiger partial charge in [-0.05, 0) is 0 Å². The maximum Gasteiger partial charge on any atom is 0.291 e. The highest BCUT2D eigenvalue weighted by atomic mass is 35.5. The van der Waals surface area contributed by atoms with Gasteiger partial charge in [-0.2, -0.15) is 4.98 Å². The Labute approximate surface area is 119 Å². The van der Waals surface area contributed by atoms with Crippen molar-refractivity contribution in [3.63, 3.8) is 0 Å². The molecule has 3 rings (SSSR count). The first-order valence-electron chi connectivity index (χ1n) is 6.00. The molecule has 0 spiro atoms. The van der Waals surface area contributed by atoms with E-state index in [1.807, 2.05) is 0 Å². The molecule has 0 saturated carbocycles. The number of rotatable bonds is 4. The summed E-state index contributed by atoms with van der Waals surface area (Å²) in [4.78, 5) is 25.1. The van der Waals surface area contributed by atoms with Crippen LogP contribution in [-0.4, -0.2) is 45.5 Å². The quantitative estimate of drug-likeness (QED) is 0.844. The van der Waals surface area contributed by atoms with Gasteiger partial charge in [0.1, 0.15) is 0 Å². The van der Waals surface area contributed by atoms with Crippen LogP contribution in [0.3, 0.4) is 0 Å². The Morgan fingerprint density at radius 2 is 2.25 bits per heavy atom. The molecule has 0 atom stereocenters. The maximum atomic E-state index is 11.9. The van der Waals surface area contributed by atoms with Crippen molar-refractivity contribution < 1.29 is 13.9 Å². The number of nitrogens with zero attached hydrogens (tertiary/aromatic N) is 4. The van der Waals surface area contributed by atoms with Crippen LogP contribution >= 0.6 is 11.6 Å². The van der Waals surface area contributed by atoms with Crippen LogP contribution in [0.5, 0.6) is 5.88 Å². The Morgan fingerprint density at radius 1 is 1.40 bits per heavy atom. The Hall–Kier alpha value is -2.15. The molecule has 1 aliphatic heterocycles. The number of amides is 1. The van der Waals surface area contributed by atoms with Gasteiger partial charge in [0.15, 0.2) is 11.5 Å². The standard InChI is InChI=1S/C12H11ClN4O3/c13-10-2-14-3-11(16-10)19-6-8-4-17(5-8)12(18)9-1-15-7-20-9/h1-3,7-8H,4-6H2. The molecule has 7 nitrogen and oxygen atoms in total. The summed E-state index contributed by atoms with van der Waals surface area (Å²) in [5.41, 5.74) is 0. The van der Waals surface area contributed by atoms with Crippen molar-refractivity contribution in [2.75, 3.05) is 19.7 Å². The van der Waals surface area contributed by atoms with Crippen LogP contribution in [0.4, 0.5) is 0 Å². The monoisotopic (exact) mass is 294 g/mol. The largest absolute Gasteiger partial charge is 0.476 e. The van der Waals surface area contributed by atoms with Gasteiger partial charge in [-0.1, -0.05) is 11.6 Å². The van der Waals surface area contributed by atoms with Crippen molar-refractivity contribution >= 4 is 17.5 Å². The van der Waals surface area contributed by atoms with Crippen LogP contribution in [0.15, 0.2) is 29.4 Å². The summed E-state index contributed by atoms with van der Waals surface area (Å²) in [7, 11) is 0. The third kappa shape index (κ3) is 2.72. The molecule has 2 aromatic heterocycles. The van der Waals surface area contributed by atoms with Gasteiger partial charge in [0.25, 0.3) is 5.91 Å². The number of hydrogen-bond donors (Lipinski definition) is 0. The smallest absolute Gasteiger partial charge is 0.291 e. The van der Waals surface area contributed by atoms with Crippen LogP contribution < -0.4 is 4.74 Å². The second-order valence-electron chi connectivity index (χ2n) is 4.43. The number of carbonyl (C=O) groups is 1. The Balaban J connectivity index is 1.46. The van der Waals surface area contributed by atoms with Crippen LogP contribution in [0, 0.1) is 5.92 Å². The zero-order valence-corrected chi connectivity index (χ0v) is 11.2. The Kier molecular flexibility index (Phi) is 3.51. The average Bonchev–Trinajstić information content (AvgIpc) is 2.90. The fourth-order valence-corrected chi connectivity index (χ4v) is 2.06. The van der Waals surface area contributed by atoms with Crippen molar-refractivity contribution in [3.8, 4) is 5.88 Å². The van der Waals surface area contributed by atoms with Gasteiger partial charge < -0.3 is 14.1 Å². The van der Waals surface area contributed by atoms with E-state index in [1.54, 1.807) is 4.90 Å². The lowest BCUT2D eigenvalue weighted by molar-refractivity contribution is 0.0359. The van der Waals surface area contributed by atoms with Crippen molar-refractivity contribution in [1.82, 2.24) is 19.9 Å². The predicted octanol–water partition coefficient (Wildman–Crippen LogP) is 1.27. The van der Waals surface area contributed by atoms with Gasteiger partial charge in [0, 0.05) is 19.0 Å². The minimum Gasteiger partial charge on any atom is -0.476 e. The highest BCUT2D eigenvalue weighted by molar-refractivity contribution is 6.29.